The molecule has 0 heterocycles. The lowest BCUT2D eigenvalue weighted by atomic mass is 9.70. The fraction of sp³-hybridized carbons (Fsp3) is 0.667. The number of benzene rings is 1. The Morgan fingerprint density at radius 3 is 2.67 bits per heavy atom. The molecule has 1 aromatic carbocycles. The molecule has 1 N–H and O–H groups in total. The van der Waals surface area contributed by atoms with Crippen molar-refractivity contribution in [3.05, 3.63) is 35.4 Å². The normalized spacial score (nSPS) is 26.3. The molecule has 1 nitrogen and oxygen atoms in total. The standard InChI is InChI=1S/C18H27F2N/c1-4-13-5-6-14(11-21-12(2)3)16(9-13)17-10-15(19)7-8-18(17)20/h7-8,10,12-14,16,21H,4-6,9,11H2,1-3H3. The van der Waals surface area contributed by atoms with Crippen LogP contribution in [0, 0.1) is 23.5 Å². The van der Waals surface area contributed by atoms with E-state index < -0.39 is 0 Å². The van der Waals surface area contributed by atoms with Crippen molar-refractivity contribution in [3.63, 3.8) is 0 Å². The lowest BCUT2D eigenvalue weighted by Crippen LogP contribution is -2.35. The summed E-state index contributed by atoms with van der Waals surface area (Å²) in [6.07, 6.45) is 4.40. The van der Waals surface area contributed by atoms with Gasteiger partial charge in [0.2, 0.25) is 0 Å². The topological polar surface area (TPSA) is 12.0 Å². The van der Waals surface area contributed by atoms with Gasteiger partial charge in [0.25, 0.3) is 0 Å². The van der Waals surface area contributed by atoms with Gasteiger partial charge in [-0.1, -0.05) is 33.6 Å². The Balaban J connectivity index is 2.21. The molecule has 0 aromatic heterocycles. The van der Waals surface area contributed by atoms with Crippen LogP contribution in [0.1, 0.15) is 57.9 Å². The van der Waals surface area contributed by atoms with E-state index in [1.165, 1.54) is 24.6 Å². The van der Waals surface area contributed by atoms with Crippen LogP contribution in [0.3, 0.4) is 0 Å². The van der Waals surface area contributed by atoms with Crippen LogP contribution in [0.25, 0.3) is 0 Å². The van der Waals surface area contributed by atoms with Crippen molar-refractivity contribution in [2.24, 2.45) is 11.8 Å². The second-order valence-corrected chi connectivity index (χ2v) is 6.68. The van der Waals surface area contributed by atoms with Gasteiger partial charge in [-0.2, -0.15) is 0 Å². The average molecular weight is 295 g/mol. The van der Waals surface area contributed by atoms with E-state index in [0.29, 0.717) is 23.4 Å². The maximum atomic E-state index is 14.2. The Bertz CT molecular complexity index is 459. The van der Waals surface area contributed by atoms with Crippen molar-refractivity contribution in [2.45, 2.75) is 58.4 Å². The molecule has 118 valence electrons. The molecule has 3 unspecified atom stereocenters. The summed E-state index contributed by atoms with van der Waals surface area (Å²) < 4.78 is 27.7. The van der Waals surface area contributed by atoms with Crippen LogP contribution >= 0.6 is 0 Å². The molecule has 0 radical (unpaired) electrons. The first kappa shape index (κ1) is 16.4. The maximum absolute atomic E-state index is 14.2. The number of halogens is 2. The molecule has 0 aliphatic heterocycles. The summed E-state index contributed by atoms with van der Waals surface area (Å²) in [5, 5.41) is 3.47. The van der Waals surface area contributed by atoms with Crippen molar-refractivity contribution >= 4 is 0 Å². The lowest BCUT2D eigenvalue weighted by molar-refractivity contribution is 0.219. The van der Waals surface area contributed by atoms with Gasteiger partial charge >= 0.3 is 0 Å². The molecule has 1 aromatic rings. The van der Waals surface area contributed by atoms with Gasteiger partial charge in [-0.25, -0.2) is 8.78 Å². The summed E-state index contributed by atoms with van der Waals surface area (Å²) in [7, 11) is 0. The number of hydrogen-bond acceptors (Lipinski definition) is 1. The molecule has 1 saturated carbocycles. The van der Waals surface area contributed by atoms with Gasteiger partial charge in [0, 0.05) is 6.04 Å². The second kappa shape index (κ2) is 7.35. The van der Waals surface area contributed by atoms with Gasteiger partial charge in [0.1, 0.15) is 11.6 Å². The number of rotatable bonds is 5. The Kier molecular flexibility index (Phi) is 5.74. The molecule has 1 fully saturated rings. The summed E-state index contributed by atoms with van der Waals surface area (Å²) in [5.41, 5.74) is 0.573. The first-order valence-electron chi connectivity index (χ1n) is 8.19. The third-order valence-corrected chi connectivity index (χ3v) is 4.83. The average Bonchev–Trinajstić information content (AvgIpc) is 2.47. The van der Waals surface area contributed by atoms with E-state index in [1.54, 1.807) is 0 Å². The van der Waals surface area contributed by atoms with Crippen LogP contribution in [-0.4, -0.2) is 12.6 Å². The van der Waals surface area contributed by atoms with Gasteiger partial charge in [0.05, 0.1) is 0 Å². The predicted octanol–water partition coefficient (Wildman–Crippen LogP) is 4.87. The minimum Gasteiger partial charge on any atom is -0.314 e. The molecule has 1 aliphatic rings. The van der Waals surface area contributed by atoms with Gasteiger partial charge in [0.15, 0.2) is 0 Å². The third-order valence-electron chi connectivity index (χ3n) is 4.83. The fourth-order valence-corrected chi connectivity index (χ4v) is 3.50. The van der Waals surface area contributed by atoms with Gasteiger partial charge in [-0.15, -0.1) is 0 Å². The minimum atomic E-state index is -0.333. The fourth-order valence-electron chi connectivity index (χ4n) is 3.50. The zero-order valence-corrected chi connectivity index (χ0v) is 13.3. The van der Waals surface area contributed by atoms with Crippen LogP contribution in [0.2, 0.25) is 0 Å². The van der Waals surface area contributed by atoms with E-state index in [1.807, 2.05) is 0 Å². The van der Waals surface area contributed by atoms with Crippen molar-refractivity contribution < 1.29 is 8.78 Å². The molecule has 0 spiro atoms. The number of hydrogen-bond donors (Lipinski definition) is 1. The summed E-state index contributed by atoms with van der Waals surface area (Å²) in [6.45, 7) is 7.32. The molecular formula is C18H27F2N. The molecule has 0 amide bonds. The second-order valence-electron chi connectivity index (χ2n) is 6.68. The molecule has 2 rings (SSSR count). The summed E-state index contributed by atoms with van der Waals surface area (Å²) >= 11 is 0. The Hall–Kier alpha value is -0.960. The predicted molar refractivity (Wildman–Crippen MR) is 83.4 cm³/mol. The van der Waals surface area contributed by atoms with Crippen molar-refractivity contribution in [1.29, 1.82) is 0 Å². The highest BCUT2D eigenvalue weighted by atomic mass is 19.1. The highest BCUT2D eigenvalue weighted by Crippen LogP contribution is 2.42. The summed E-state index contributed by atoms with van der Waals surface area (Å²) in [6, 6.07) is 4.31. The van der Waals surface area contributed by atoms with Crippen molar-refractivity contribution in [2.75, 3.05) is 6.54 Å². The first-order chi connectivity index (χ1) is 10.0. The van der Waals surface area contributed by atoms with E-state index in [9.17, 15) is 8.78 Å². The van der Waals surface area contributed by atoms with E-state index in [4.69, 9.17) is 0 Å². The molecule has 3 heteroatoms. The van der Waals surface area contributed by atoms with Crippen LogP contribution in [0.15, 0.2) is 18.2 Å². The Labute approximate surface area is 127 Å². The molecule has 3 atom stereocenters. The zero-order chi connectivity index (χ0) is 15.4. The van der Waals surface area contributed by atoms with E-state index in [-0.39, 0.29) is 17.6 Å². The highest BCUT2D eigenvalue weighted by molar-refractivity contribution is 5.24. The van der Waals surface area contributed by atoms with Crippen LogP contribution in [-0.2, 0) is 0 Å². The van der Waals surface area contributed by atoms with Crippen LogP contribution in [0.5, 0.6) is 0 Å². The van der Waals surface area contributed by atoms with Gasteiger partial charge in [-0.3, -0.25) is 0 Å². The molecular weight excluding hydrogens is 268 g/mol. The SMILES string of the molecule is CCC1CCC(CNC(C)C)C(c2cc(F)ccc2F)C1. The van der Waals surface area contributed by atoms with Crippen LogP contribution in [0.4, 0.5) is 8.78 Å². The Morgan fingerprint density at radius 2 is 2.00 bits per heavy atom. The summed E-state index contributed by atoms with van der Waals surface area (Å²) in [4.78, 5) is 0. The third kappa shape index (κ3) is 4.26. The quantitative estimate of drug-likeness (QED) is 0.817. The minimum absolute atomic E-state index is 0.130. The monoisotopic (exact) mass is 295 g/mol. The van der Waals surface area contributed by atoms with Crippen molar-refractivity contribution in [3.8, 4) is 0 Å². The molecule has 0 bridgehead atoms. The molecule has 1 aliphatic carbocycles. The smallest absolute Gasteiger partial charge is 0.126 e. The Morgan fingerprint density at radius 1 is 1.24 bits per heavy atom. The zero-order valence-electron chi connectivity index (χ0n) is 13.3. The number of nitrogens with one attached hydrogen (secondary N) is 1. The van der Waals surface area contributed by atoms with E-state index >= 15 is 0 Å². The van der Waals surface area contributed by atoms with Gasteiger partial charge < -0.3 is 5.32 Å². The van der Waals surface area contributed by atoms with Crippen molar-refractivity contribution in [1.82, 2.24) is 5.32 Å². The van der Waals surface area contributed by atoms with Crippen LogP contribution < -0.4 is 5.32 Å². The summed E-state index contributed by atoms with van der Waals surface area (Å²) in [5.74, 6) is 0.568. The first-order valence-corrected chi connectivity index (χ1v) is 8.19. The lowest BCUT2D eigenvalue weighted by Gasteiger charge is -2.37. The van der Waals surface area contributed by atoms with E-state index in [2.05, 4.69) is 26.1 Å². The largest absolute Gasteiger partial charge is 0.314 e. The molecule has 0 saturated heterocycles. The van der Waals surface area contributed by atoms with E-state index in [0.717, 1.165) is 25.8 Å². The van der Waals surface area contributed by atoms with Gasteiger partial charge in [-0.05, 0) is 60.9 Å². The highest BCUT2D eigenvalue weighted by Gasteiger charge is 2.32. The molecule has 21 heavy (non-hydrogen) atoms. The maximum Gasteiger partial charge on any atom is 0.126 e.